The van der Waals surface area contributed by atoms with Crippen LogP contribution in [0.5, 0.6) is 0 Å². The molecule has 146 valence electrons. The van der Waals surface area contributed by atoms with E-state index in [0.717, 1.165) is 30.5 Å². The SMILES string of the molecule is O=C(C1CCC1)N(Cc1ccccc1F)C[C@@H]1CC(c2ccc(F)cc2)=NO1. The molecular weight excluding hydrogens is 362 g/mol. The number of hydrogen-bond acceptors (Lipinski definition) is 3. The molecule has 2 aromatic carbocycles. The van der Waals surface area contributed by atoms with Gasteiger partial charge in [0.15, 0.2) is 6.10 Å². The van der Waals surface area contributed by atoms with E-state index in [4.69, 9.17) is 4.84 Å². The van der Waals surface area contributed by atoms with Crippen molar-refractivity contribution in [2.75, 3.05) is 6.54 Å². The number of hydrogen-bond donors (Lipinski definition) is 0. The number of amides is 1. The van der Waals surface area contributed by atoms with E-state index in [2.05, 4.69) is 5.16 Å². The van der Waals surface area contributed by atoms with Gasteiger partial charge >= 0.3 is 0 Å². The Morgan fingerprint density at radius 2 is 1.86 bits per heavy atom. The van der Waals surface area contributed by atoms with E-state index in [0.29, 0.717) is 18.5 Å². The van der Waals surface area contributed by atoms with E-state index in [1.165, 1.54) is 18.2 Å². The maximum Gasteiger partial charge on any atom is 0.226 e. The molecule has 2 aliphatic rings. The van der Waals surface area contributed by atoms with Crippen LogP contribution in [0.25, 0.3) is 0 Å². The second-order valence-electron chi connectivity index (χ2n) is 7.41. The molecule has 4 nitrogen and oxygen atoms in total. The summed E-state index contributed by atoms with van der Waals surface area (Å²) in [6.07, 6.45) is 3.06. The van der Waals surface area contributed by atoms with E-state index in [-0.39, 0.29) is 36.1 Å². The summed E-state index contributed by atoms with van der Waals surface area (Å²) in [5.74, 6) is -0.550. The standard InChI is InChI=1S/C22H22F2N2O2/c23-18-10-8-15(9-11-18)21-12-19(28-25-21)14-26(22(27)16-5-3-6-16)13-17-4-1-2-7-20(17)24/h1-2,4,7-11,16,19H,3,5-6,12-14H2/t19-/m0/s1. The third-order valence-electron chi connectivity index (χ3n) is 5.42. The zero-order chi connectivity index (χ0) is 19.5. The van der Waals surface area contributed by atoms with Crippen LogP contribution in [-0.2, 0) is 16.2 Å². The molecular formula is C22H22F2N2O2. The van der Waals surface area contributed by atoms with Gasteiger partial charge in [-0.05, 0) is 36.6 Å². The highest BCUT2D eigenvalue weighted by atomic mass is 19.1. The van der Waals surface area contributed by atoms with Crippen LogP contribution in [0.3, 0.4) is 0 Å². The third kappa shape index (κ3) is 4.06. The van der Waals surface area contributed by atoms with Crippen molar-refractivity contribution in [1.82, 2.24) is 4.90 Å². The molecule has 1 aliphatic heterocycles. The van der Waals surface area contributed by atoms with Crippen LogP contribution in [0.2, 0.25) is 0 Å². The Morgan fingerprint density at radius 1 is 1.11 bits per heavy atom. The Bertz CT molecular complexity index is 878. The lowest BCUT2D eigenvalue weighted by atomic mass is 9.84. The smallest absolute Gasteiger partial charge is 0.226 e. The predicted molar refractivity (Wildman–Crippen MR) is 102 cm³/mol. The Kier molecular flexibility index (Phi) is 5.37. The van der Waals surface area contributed by atoms with Gasteiger partial charge in [0.05, 0.1) is 12.3 Å². The van der Waals surface area contributed by atoms with Gasteiger partial charge in [-0.1, -0.05) is 41.9 Å². The highest BCUT2D eigenvalue weighted by molar-refractivity contribution is 6.01. The number of nitrogens with zero attached hydrogens (tertiary/aromatic N) is 2. The quantitative estimate of drug-likeness (QED) is 0.746. The molecule has 2 aromatic rings. The maximum absolute atomic E-state index is 14.1. The van der Waals surface area contributed by atoms with E-state index in [9.17, 15) is 13.6 Å². The third-order valence-corrected chi connectivity index (χ3v) is 5.42. The summed E-state index contributed by atoms with van der Waals surface area (Å²) in [5, 5.41) is 4.12. The van der Waals surface area contributed by atoms with Crippen molar-refractivity contribution in [1.29, 1.82) is 0 Å². The molecule has 0 spiro atoms. The molecule has 0 aromatic heterocycles. The second-order valence-corrected chi connectivity index (χ2v) is 7.41. The van der Waals surface area contributed by atoms with Crippen LogP contribution >= 0.6 is 0 Å². The van der Waals surface area contributed by atoms with Gasteiger partial charge < -0.3 is 9.74 Å². The van der Waals surface area contributed by atoms with Crippen LogP contribution in [0.1, 0.15) is 36.8 Å². The number of carbonyl (C=O) groups excluding carboxylic acids is 1. The van der Waals surface area contributed by atoms with E-state index >= 15 is 0 Å². The van der Waals surface area contributed by atoms with Crippen LogP contribution in [0.4, 0.5) is 8.78 Å². The van der Waals surface area contributed by atoms with Gasteiger partial charge in [0.2, 0.25) is 5.91 Å². The number of oxime groups is 1. The first-order chi connectivity index (χ1) is 13.6. The lowest BCUT2D eigenvalue weighted by Crippen LogP contribution is -2.42. The van der Waals surface area contributed by atoms with Crippen LogP contribution in [-0.4, -0.2) is 29.2 Å². The minimum atomic E-state index is -0.315. The lowest BCUT2D eigenvalue weighted by molar-refractivity contribution is -0.140. The van der Waals surface area contributed by atoms with E-state index in [1.54, 1.807) is 35.2 Å². The Hall–Kier alpha value is -2.76. The molecule has 1 fully saturated rings. The van der Waals surface area contributed by atoms with E-state index in [1.807, 2.05) is 0 Å². The first-order valence-corrected chi connectivity index (χ1v) is 9.61. The zero-order valence-corrected chi connectivity index (χ0v) is 15.5. The Balaban J connectivity index is 1.44. The molecule has 0 N–H and O–H groups in total. The van der Waals surface area contributed by atoms with Crippen molar-refractivity contribution in [2.45, 2.75) is 38.3 Å². The van der Waals surface area contributed by atoms with E-state index < -0.39 is 0 Å². The molecule has 1 saturated carbocycles. The minimum absolute atomic E-state index is 0.0191. The monoisotopic (exact) mass is 384 g/mol. The summed E-state index contributed by atoms with van der Waals surface area (Å²) in [6.45, 7) is 0.561. The average Bonchev–Trinajstić information content (AvgIpc) is 3.10. The summed E-state index contributed by atoms with van der Waals surface area (Å²) >= 11 is 0. The van der Waals surface area contributed by atoms with Crippen LogP contribution in [0.15, 0.2) is 53.7 Å². The molecule has 0 bridgehead atoms. The van der Waals surface area contributed by atoms with Crippen molar-refractivity contribution >= 4 is 11.6 Å². The summed E-state index contributed by atoms with van der Waals surface area (Å²) < 4.78 is 27.2. The van der Waals surface area contributed by atoms with Crippen molar-refractivity contribution in [3.63, 3.8) is 0 Å². The molecule has 0 radical (unpaired) electrons. The highest BCUT2D eigenvalue weighted by Crippen LogP contribution is 2.30. The summed E-state index contributed by atoms with van der Waals surface area (Å²) in [6, 6.07) is 12.6. The first-order valence-electron chi connectivity index (χ1n) is 9.61. The largest absolute Gasteiger partial charge is 0.390 e. The fourth-order valence-electron chi connectivity index (χ4n) is 3.56. The van der Waals surface area contributed by atoms with Gasteiger partial charge in [0.1, 0.15) is 11.6 Å². The van der Waals surface area contributed by atoms with Crippen LogP contribution in [0, 0.1) is 17.6 Å². The maximum atomic E-state index is 14.1. The minimum Gasteiger partial charge on any atom is -0.390 e. The van der Waals surface area contributed by atoms with Gasteiger partial charge in [-0.25, -0.2) is 8.78 Å². The van der Waals surface area contributed by atoms with Gasteiger partial charge in [0, 0.05) is 24.4 Å². The summed E-state index contributed by atoms with van der Waals surface area (Å²) in [5.41, 5.74) is 2.02. The van der Waals surface area contributed by atoms with Crippen molar-refractivity contribution < 1.29 is 18.4 Å². The molecule has 0 unspecified atom stereocenters. The number of benzene rings is 2. The predicted octanol–water partition coefficient (Wildman–Crippen LogP) is 4.29. The Labute approximate surface area is 162 Å². The molecule has 1 aliphatic carbocycles. The second kappa shape index (κ2) is 8.09. The first kappa shape index (κ1) is 18.6. The summed E-state index contributed by atoms with van der Waals surface area (Å²) in [4.78, 5) is 20.1. The molecule has 0 saturated heterocycles. The lowest BCUT2D eigenvalue weighted by Gasteiger charge is -2.32. The molecule has 1 heterocycles. The molecule has 6 heteroatoms. The fourth-order valence-corrected chi connectivity index (χ4v) is 3.56. The molecule has 1 amide bonds. The van der Waals surface area contributed by atoms with Gasteiger partial charge in [-0.2, -0.15) is 0 Å². The Morgan fingerprint density at radius 3 is 2.54 bits per heavy atom. The zero-order valence-electron chi connectivity index (χ0n) is 15.5. The molecule has 4 rings (SSSR count). The fraction of sp³-hybridized carbons (Fsp3) is 0.364. The van der Waals surface area contributed by atoms with Gasteiger partial charge in [-0.3, -0.25) is 4.79 Å². The molecule has 28 heavy (non-hydrogen) atoms. The molecule has 1 atom stereocenters. The van der Waals surface area contributed by atoms with Crippen LogP contribution < -0.4 is 0 Å². The summed E-state index contributed by atoms with van der Waals surface area (Å²) in [7, 11) is 0. The number of carbonyl (C=O) groups is 1. The average molecular weight is 384 g/mol. The number of halogens is 2. The normalized spacial score (nSPS) is 18.9. The van der Waals surface area contributed by atoms with Crippen molar-refractivity contribution in [2.24, 2.45) is 11.1 Å². The van der Waals surface area contributed by atoms with Crippen molar-refractivity contribution in [3.05, 3.63) is 71.3 Å². The highest BCUT2D eigenvalue weighted by Gasteiger charge is 2.33. The topological polar surface area (TPSA) is 41.9 Å². The van der Waals surface area contributed by atoms with Gasteiger partial charge in [0.25, 0.3) is 0 Å². The number of rotatable bonds is 6. The van der Waals surface area contributed by atoms with Crippen molar-refractivity contribution in [3.8, 4) is 0 Å². The van der Waals surface area contributed by atoms with Gasteiger partial charge in [-0.15, -0.1) is 0 Å².